The van der Waals surface area contributed by atoms with Gasteiger partial charge in [-0.2, -0.15) is 0 Å². The van der Waals surface area contributed by atoms with Gasteiger partial charge in [0, 0.05) is 11.1 Å². The summed E-state index contributed by atoms with van der Waals surface area (Å²) in [5, 5.41) is 44.7. The lowest BCUT2D eigenvalue weighted by molar-refractivity contribution is -0.161. The van der Waals surface area contributed by atoms with Crippen LogP contribution in [0.4, 0.5) is 13.9 Å². The number of carboxylic acid groups (broad SMARTS) is 2. The van der Waals surface area contributed by atoms with Crippen molar-refractivity contribution >= 4 is 57.7 Å². The number of fused-ring (bicyclic) bond motifs is 1. The third kappa shape index (κ3) is 5.47. The van der Waals surface area contributed by atoms with Gasteiger partial charge in [-0.05, 0) is 37.5 Å². The van der Waals surface area contributed by atoms with Crippen LogP contribution in [0.1, 0.15) is 25.1 Å². The number of benzene rings is 1. The van der Waals surface area contributed by atoms with Crippen molar-refractivity contribution in [3.63, 3.8) is 0 Å². The predicted octanol–water partition coefficient (Wildman–Crippen LogP) is 0.980. The Morgan fingerprint density at radius 2 is 1.95 bits per heavy atom. The number of carbonyl (C=O) groups excluding carboxylic acids is 2. The van der Waals surface area contributed by atoms with E-state index in [9.17, 15) is 48.4 Å². The number of halogens is 2. The fraction of sp³-hybridized carbons (Fsp3) is 0.304. The maximum atomic E-state index is 14.4. The molecular formula is C23H21F2N5O9S2. The van der Waals surface area contributed by atoms with Gasteiger partial charge in [-0.25, -0.2) is 23.4 Å². The van der Waals surface area contributed by atoms with Crippen LogP contribution in [0.25, 0.3) is 0 Å². The van der Waals surface area contributed by atoms with Gasteiger partial charge < -0.3 is 36.3 Å². The average Bonchev–Trinajstić information content (AvgIpc) is 3.34. The molecule has 2 aromatic rings. The molecule has 1 fully saturated rings. The molecule has 0 bridgehead atoms. The van der Waals surface area contributed by atoms with Crippen LogP contribution < -0.4 is 11.1 Å². The lowest BCUT2D eigenvalue weighted by Gasteiger charge is -2.49. The number of nitrogen functional groups attached to an aromatic ring is 1. The summed E-state index contributed by atoms with van der Waals surface area (Å²) in [5.41, 5.74) is 2.31. The highest BCUT2D eigenvalue weighted by atomic mass is 32.2. The molecule has 14 nitrogen and oxygen atoms in total. The zero-order chi connectivity index (χ0) is 30.4. The van der Waals surface area contributed by atoms with Crippen molar-refractivity contribution < 1.29 is 53.2 Å². The average molecular weight is 614 g/mol. The molecule has 18 heteroatoms. The monoisotopic (exact) mass is 613 g/mol. The minimum absolute atomic E-state index is 0.0183. The normalized spacial score (nSPS) is 19.0. The van der Waals surface area contributed by atoms with E-state index in [1.807, 2.05) is 0 Å². The van der Waals surface area contributed by atoms with E-state index in [1.54, 1.807) is 0 Å². The summed E-state index contributed by atoms with van der Waals surface area (Å²) in [7, 11) is 0. The molecule has 0 spiro atoms. The number of carbonyl (C=O) groups is 4. The molecule has 4 rings (SSSR count). The van der Waals surface area contributed by atoms with Gasteiger partial charge >= 0.3 is 11.9 Å². The molecule has 2 aliphatic rings. The van der Waals surface area contributed by atoms with Crippen molar-refractivity contribution in [1.82, 2.24) is 15.2 Å². The van der Waals surface area contributed by atoms with Crippen LogP contribution in [0.5, 0.6) is 11.5 Å². The van der Waals surface area contributed by atoms with Crippen LogP contribution in [-0.4, -0.2) is 82.5 Å². The van der Waals surface area contributed by atoms with E-state index < -0.39 is 87.3 Å². The van der Waals surface area contributed by atoms with E-state index in [0.717, 1.165) is 28.0 Å². The summed E-state index contributed by atoms with van der Waals surface area (Å²) < 4.78 is 28.3. The number of nitrogens with zero attached hydrogens (tertiary/aromatic N) is 3. The molecule has 1 unspecified atom stereocenters. The number of nitrogens with one attached hydrogen (secondary N) is 1. The number of phenolic OH excluding ortho intramolecular Hbond substituents is 2. The molecule has 1 saturated heterocycles. The molecule has 2 aliphatic heterocycles. The molecule has 7 N–H and O–H groups in total. The van der Waals surface area contributed by atoms with E-state index in [-0.39, 0.29) is 22.2 Å². The van der Waals surface area contributed by atoms with E-state index in [0.29, 0.717) is 6.07 Å². The molecule has 0 saturated carbocycles. The summed E-state index contributed by atoms with van der Waals surface area (Å²) >= 11 is 1.98. The summed E-state index contributed by atoms with van der Waals surface area (Å²) in [4.78, 5) is 59.5. The number of thiazole rings is 1. The Morgan fingerprint density at radius 3 is 2.54 bits per heavy atom. The largest absolute Gasteiger partial charge is 0.502 e. The third-order valence-electron chi connectivity index (χ3n) is 6.04. The van der Waals surface area contributed by atoms with E-state index in [1.165, 1.54) is 19.2 Å². The maximum absolute atomic E-state index is 14.4. The molecule has 0 radical (unpaired) electrons. The van der Waals surface area contributed by atoms with Crippen LogP contribution in [0.2, 0.25) is 0 Å². The first-order chi connectivity index (χ1) is 19.1. The number of phenols is 2. The fourth-order valence-corrected chi connectivity index (χ4v) is 5.73. The second-order valence-electron chi connectivity index (χ2n) is 9.24. The van der Waals surface area contributed by atoms with Crippen LogP contribution in [0.3, 0.4) is 0 Å². The van der Waals surface area contributed by atoms with Gasteiger partial charge in [-0.1, -0.05) is 5.16 Å². The molecule has 0 aliphatic carbocycles. The van der Waals surface area contributed by atoms with Crippen LogP contribution in [0, 0.1) is 11.6 Å². The fourth-order valence-electron chi connectivity index (χ4n) is 3.84. The number of carboxylic acids is 2. The number of oxime groups is 1. The second-order valence-corrected chi connectivity index (χ2v) is 11.2. The Labute approximate surface area is 237 Å². The first-order valence-corrected chi connectivity index (χ1v) is 13.4. The number of aromatic nitrogens is 1. The van der Waals surface area contributed by atoms with Gasteiger partial charge in [0.05, 0.1) is 0 Å². The number of β-lactam (4-membered cyclic amide) rings is 1. The highest BCUT2D eigenvalue weighted by molar-refractivity contribution is 8.00. The predicted molar refractivity (Wildman–Crippen MR) is 139 cm³/mol. The molecular weight excluding hydrogens is 592 g/mol. The number of anilines is 1. The zero-order valence-electron chi connectivity index (χ0n) is 21.0. The number of hydrogen-bond donors (Lipinski definition) is 6. The summed E-state index contributed by atoms with van der Waals surface area (Å²) in [5.74, 6) is -10.1. The molecule has 2 atom stereocenters. The van der Waals surface area contributed by atoms with Crippen LogP contribution in [-0.2, 0) is 30.4 Å². The minimum atomic E-state index is -1.83. The smallest absolute Gasteiger partial charge is 0.352 e. The highest BCUT2D eigenvalue weighted by Gasteiger charge is 2.54. The standard InChI is InChI=1S/C23H21F2N5O9S2/c1-23(2,21(37)38)39-29-12(10-6-41-22(26)27-10)17(33)28-13-18(34)30-14(20(35)36)8(5-40-19(13)30)3-7-4-9(24)15(31)16(32)11(7)25/h4,6,13,19,31-32H,3,5H2,1-2H3,(H2,26,27)(H,28,33)(H,35,36)(H,37,38)/t13?,19-/m0/s1. The lowest BCUT2D eigenvalue weighted by Crippen LogP contribution is -2.71. The van der Waals surface area contributed by atoms with E-state index in [4.69, 9.17) is 10.6 Å². The van der Waals surface area contributed by atoms with Crippen LogP contribution >= 0.6 is 23.1 Å². The van der Waals surface area contributed by atoms with E-state index in [2.05, 4.69) is 15.5 Å². The van der Waals surface area contributed by atoms with Crippen molar-refractivity contribution in [2.45, 2.75) is 37.3 Å². The number of nitrogens with two attached hydrogens (primary N) is 1. The lowest BCUT2D eigenvalue weighted by atomic mass is 9.98. The number of hydrogen-bond acceptors (Lipinski definition) is 12. The summed E-state index contributed by atoms with van der Waals surface area (Å²) in [6.07, 6.45) is -0.502. The van der Waals surface area contributed by atoms with Crippen molar-refractivity contribution in [3.8, 4) is 11.5 Å². The first-order valence-electron chi connectivity index (χ1n) is 11.4. The van der Waals surface area contributed by atoms with Crippen LogP contribution in [0.15, 0.2) is 27.9 Å². The van der Waals surface area contributed by atoms with E-state index >= 15 is 0 Å². The van der Waals surface area contributed by atoms with Gasteiger partial charge in [0.15, 0.2) is 34.0 Å². The maximum Gasteiger partial charge on any atom is 0.352 e. The highest BCUT2D eigenvalue weighted by Crippen LogP contribution is 2.42. The van der Waals surface area contributed by atoms with Gasteiger partial charge in [0.2, 0.25) is 5.60 Å². The quantitative estimate of drug-likeness (QED) is 0.101. The zero-order valence-corrected chi connectivity index (χ0v) is 22.7. The number of aliphatic carboxylic acids is 2. The molecule has 2 amide bonds. The molecule has 1 aromatic carbocycles. The second kappa shape index (κ2) is 10.8. The van der Waals surface area contributed by atoms with Crippen molar-refractivity contribution in [2.24, 2.45) is 5.16 Å². The SMILES string of the molecule is CC(C)(ON=C(C(=O)NC1C(=O)N2C(C(=O)O)=C(Cc3cc(F)c(O)c(O)c3F)CS[C@@H]12)c1csc(N)n1)C(=O)O. The molecule has 218 valence electrons. The third-order valence-corrected chi connectivity index (χ3v) is 8.05. The number of thioether (sulfide) groups is 1. The number of rotatable bonds is 9. The summed E-state index contributed by atoms with van der Waals surface area (Å²) in [6, 6.07) is -0.641. The topological polar surface area (TPSA) is 225 Å². The Balaban J connectivity index is 1.59. The van der Waals surface area contributed by atoms with Crippen molar-refractivity contribution in [2.75, 3.05) is 11.5 Å². The number of aromatic hydroxyl groups is 2. The Morgan fingerprint density at radius 1 is 1.27 bits per heavy atom. The molecule has 41 heavy (non-hydrogen) atoms. The van der Waals surface area contributed by atoms with Gasteiger partial charge in [0.1, 0.15) is 22.8 Å². The van der Waals surface area contributed by atoms with Gasteiger partial charge in [-0.15, -0.1) is 23.1 Å². The molecule has 3 heterocycles. The van der Waals surface area contributed by atoms with Gasteiger partial charge in [0.25, 0.3) is 11.8 Å². The minimum Gasteiger partial charge on any atom is -0.502 e. The van der Waals surface area contributed by atoms with Crippen molar-refractivity contribution in [3.05, 3.63) is 45.6 Å². The number of amides is 2. The Hall–Kier alpha value is -4.45. The van der Waals surface area contributed by atoms with Crippen molar-refractivity contribution in [1.29, 1.82) is 0 Å². The first kappa shape index (κ1) is 29.5. The Bertz CT molecular complexity index is 1540. The van der Waals surface area contributed by atoms with Gasteiger partial charge in [-0.3, -0.25) is 14.5 Å². The Kier molecular flexibility index (Phi) is 7.81. The summed E-state index contributed by atoms with van der Waals surface area (Å²) in [6.45, 7) is 2.37. The molecule has 1 aromatic heterocycles.